The Morgan fingerprint density at radius 3 is 2.52 bits per heavy atom. The van der Waals surface area contributed by atoms with E-state index in [2.05, 4.69) is 32.3 Å². The van der Waals surface area contributed by atoms with Crippen LogP contribution in [0.1, 0.15) is 24.1 Å². The van der Waals surface area contributed by atoms with Gasteiger partial charge < -0.3 is 4.90 Å². The van der Waals surface area contributed by atoms with Gasteiger partial charge in [0.15, 0.2) is 0 Å². The molecule has 1 aromatic heterocycles. The summed E-state index contributed by atoms with van der Waals surface area (Å²) in [6.45, 7) is 0.131. The van der Waals surface area contributed by atoms with Crippen molar-refractivity contribution in [1.82, 2.24) is 4.98 Å². The van der Waals surface area contributed by atoms with Crippen LogP contribution < -0.4 is 4.90 Å². The summed E-state index contributed by atoms with van der Waals surface area (Å²) in [6, 6.07) is 1.63. The predicted molar refractivity (Wildman–Crippen MR) is 77.8 cm³/mol. The highest BCUT2D eigenvalue weighted by molar-refractivity contribution is 14.1. The number of morpholine rings is 1. The summed E-state index contributed by atoms with van der Waals surface area (Å²) >= 11 is 2.12. The molecular formula is C13H11F4IN2O. The van der Waals surface area contributed by atoms with Crippen LogP contribution in [0.15, 0.2) is 18.3 Å². The molecule has 2 aliphatic rings. The maximum atomic E-state index is 13.3. The lowest BCUT2D eigenvalue weighted by Crippen LogP contribution is -2.55. The molecular weight excluding hydrogens is 403 g/mol. The monoisotopic (exact) mass is 414 g/mol. The number of pyridine rings is 1. The Morgan fingerprint density at radius 1 is 1.29 bits per heavy atom. The molecule has 1 aliphatic carbocycles. The van der Waals surface area contributed by atoms with Gasteiger partial charge in [-0.2, -0.15) is 17.6 Å². The zero-order chi connectivity index (χ0) is 15.4. The Morgan fingerprint density at radius 2 is 1.90 bits per heavy atom. The SMILES string of the molecule is CC1C=C(I)c2cc(N3CC(F)(F)OC(F)(F)C3)cnc21. The second kappa shape index (κ2) is 4.80. The van der Waals surface area contributed by atoms with E-state index >= 15 is 0 Å². The first-order valence-electron chi connectivity index (χ1n) is 6.25. The Balaban J connectivity index is 1.95. The molecule has 1 atom stereocenters. The van der Waals surface area contributed by atoms with E-state index in [0.29, 0.717) is 0 Å². The highest BCUT2D eigenvalue weighted by Crippen LogP contribution is 2.41. The average Bonchev–Trinajstić information content (AvgIpc) is 2.61. The predicted octanol–water partition coefficient (Wildman–Crippen LogP) is 4.00. The molecule has 0 bridgehead atoms. The van der Waals surface area contributed by atoms with E-state index in [9.17, 15) is 17.6 Å². The van der Waals surface area contributed by atoms with Crippen molar-refractivity contribution in [3.63, 3.8) is 0 Å². The minimum Gasteiger partial charge on any atom is -0.353 e. The lowest BCUT2D eigenvalue weighted by Gasteiger charge is -2.38. The molecule has 0 N–H and O–H groups in total. The highest BCUT2D eigenvalue weighted by atomic mass is 127. The lowest BCUT2D eigenvalue weighted by molar-refractivity contribution is -0.380. The molecule has 0 spiro atoms. The number of nitrogens with zero attached hydrogens (tertiary/aromatic N) is 2. The molecule has 1 fully saturated rings. The van der Waals surface area contributed by atoms with Gasteiger partial charge >= 0.3 is 12.2 Å². The molecule has 0 aromatic carbocycles. The van der Waals surface area contributed by atoms with Gasteiger partial charge in [-0.05, 0) is 28.7 Å². The van der Waals surface area contributed by atoms with Crippen LogP contribution in [0.25, 0.3) is 3.58 Å². The smallest absolute Gasteiger partial charge is 0.353 e. The summed E-state index contributed by atoms with van der Waals surface area (Å²) < 4.78 is 57.5. The van der Waals surface area contributed by atoms with Gasteiger partial charge in [0.05, 0.1) is 17.6 Å². The molecule has 8 heteroatoms. The van der Waals surface area contributed by atoms with Crippen molar-refractivity contribution in [2.24, 2.45) is 0 Å². The van der Waals surface area contributed by atoms with Crippen LogP contribution in [0.2, 0.25) is 0 Å². The number of hydrogen-bond donors (Lipinski definition) is 0. The van der Waals surface area contributed by atoms with Crippen LogP contribution in [0.4, 0.5) is 23.2 Å². The van der Waals surface area contributed by atoms with Crippen molar-refractivity contribution in [3.8, 4) is 0 Å². The molecule has 114 valence electrons. The van der Waals surface area contributed by atoms with Crippen LogP contribution in [-0.2, 0) is 4.74 Å². The van der Waals surface area contributed by atoms with Crippen LogP contribution in [-0.4, -0.2) is 30.3 Å². The summed E-state index contributed by atoms with van der Waals surface area (Å²) in [5, 5.41) is 0. The molecule has 3 nitrogen and oxygen atoms in total. The minimum atomic E-state index is -3.89. The Labute approximate surface area is 132 Å². The molecule has 3 rings (SSSR count). The van der Waals surface area contributed by atoms with E-state index in [4.69, 9.17) is 0 Å². The van der Waals surface area contributed by atoms with Crippen LogP contribution in [0.3, 0.4) is 0 Å². The summed E-state index contributed by atoms with van der Waals surface area (Å²) in [7, 11) is 0. The second-order valence-corrected chi connectivity index (χ2v) is 6.32. The first-order valence-corrected chi connectivity index (χ1v) is 7.33. The number of allylic oxidation sites excluding steroid dienone is 1. The summed E-state index contributed by atoms with van der Waals surface area (Å²) in [6.07, 6.45) is -4.44. The third-order valence-electron chi connectivity index (χ3n) is 3.40. The van der Waals surface area contributed by atoms with E-state index < -0.39 is 25.3 Å². The second-order valence-electron chi connectivity index (χ2n) is 5.16. The fourth-order valence-corrected chi connectivity index (χ4v) is 3.52. The number of hydrogen-bond acceptors (Lipinski definition) is 3. The number of ether oxygens (including phenoxy) is 1. The van der Waals surface area contributed by atoms with Crippen LogP contribution in [0.5, 0.6) is 0 Å². The third kappa shape index (κ3) is 2.87. The Bertz CT molecular complexity index is 604. The highest BCUT2D eigenvalue weighted by Gasteiger charge is 2.51. The van der Waals surface area contributed by atoms with E-state index in [1.165, 1.54) is 6.20 Å². The number of alkyl halides is 4. The number of rotatable bonds is 1. The fraction of sp³-hybridized carbons (Fsp3) is 0.462. The zero-order valence-corrected chi connectivity index (χ0v) is 13.1. The molecule has 0 amide bonds. The average molecular weight is 414 g/mol. The van der Waals surface area contributed by atoms with Crippen LogP contribution >= 0.6 is 22.6 Å². The van der Waals surface area contributed by atoms with Crippen LogP contribution in [0, 0.1) is 0 Å². The summed E-state index contributed by atoms with van der Waals surface area (Å²) in [4.78, 5) is 5.14. The summed E-state index contributed by atoms with van der Waals surface area (Å²) in [5.74, 6) is 0.133. The first kappa shape index (κ1) is 15.0. The fourth-order valence-electron chi connectivity index (χ4n) is 2.55. The normalized spacial score (nSPS) is 26.5. The van der Waals surface area contributed by atoms with Gasteiger partial charge in [0.25, 0.3) is 0 Å². The number of fused-ring (bicyclic) bond motifs is 1. The number of aromatic nitrogens is 1. The van der Waals surface area contributed by atoms with Gasteiger partial charge in [-0.15, -0.1) is 0 Å². The van der Waals surface area contributed by atoms with Gasteiger partial charge in [-0.25, -0.2) is 0 Å². The maximum absolute atomic E-state index is 13.3. The number of halogens is 5. The summed E-state index contributed by atoms with van der Waals surface area (Å²) in [5.41, 5.74) is 1.88. The van der Waals surface area contributed by atoms with E-state index in [-0.39, 0.29) is 11.6 Å². The van der Waals surface area contributed by atoms with Crippen molar-refractivity contribution >= 4 is 31.9 Å². The molecule has 1 aliphatic heterocycles. The maximum Gasteiger partial charge on any atom is 0.377 e. The molecule has 1 unspecified atom stereocenters. The molecule has 21 heavy (non-hydrogen) atoms. The van der Waals surface area contributed by atoms with Crippen molar-refractivity contribution in [2.45, 2.75) is 25.1 Å². The zero-order valence-electron chi connectivity index (χ0n) is 10.9. The van der Waals surface area contributed by atoms with Gasteiger partial charge in [0.2, 0.25) is 0 Å². The van der Waals surface area contributed by atoms with Crippen molar-refractivity contribution in [2.75, 3.05) is 18.0 Å². The topological polar surface area (TPSA) is 25.4 Å². The standard InChI is InChI=1S/C13H11F4IN2O/c1-7-2-10(18)9-3-8(4-19-11(7)9)20-5-12(14,15)21-13(16,17)6-20/h2-4,7H,5-6H2,1H3. The molecule has 1 saturated heterocycles. The molecule has 0 saturated carbocycles. The number of anilines is 1. The largest absolute Gasteiger partial charge is 0.377 e. The Kier molecular flexibility index (Phi) is 3.43. The van der Waals surface area contributed by atoms with E-state index in [0.717, 1.165) is 19.7 Å². The third-order valence-corrected chi connectivity index (χ3v) is 4.34. The van der Waals surface area contributed by atoms with E-state index in [1.54, 1.807) is 6.07 Å². The minimum absolute atomic E-state index is 0.133. The van der Waals surface area contributed by atoms with E-state index in [1.807, 2.05) is 13.0 Å². The lowest BCUT2D eigenvalue weighted by atomic mass is 10.1. The van der Waals surface area contributed by atoms with Gasteiger partial charge in [0, 0.05) is 15.1 Å². The van der Waals surface area contributed by atoms with Crippen molar-refractivity contribution in [1.29, 1.82) is 0 Å². The molecule has 2 heterocycles. The van der Waals surface area contributed by atoms with Gasteiger partial charge in [-0.1, -0.05) is 13.0 Å². The van der Waals surface area contributed by atoms with Gasteiger partial charge in [0.1, 0.15) is 13.1 Å². The quantitative estimate of drug-likeness (QED) is 0.514. The Hall–Kier alpha value is -0.900. The van der Waals surface area contributed by atoms with Crippen molar-refractivity contribution < 1.29 is 22.3 Å². The molecule has 1 aromatic rings. The molecule has 0 radical (unpaired) electrons. The first-order chi connectivity index (χ1) is 9.67. The van der Waals surface area contributed by atoms with Crippen molar-refractivity contribution in [3.05, 3.63) is 29.6 Å². The van der Waals surface area contributed by atoms with Gasteiger partial charge in [-0.3, -0.25) is 9.72 Å².